The predicted octanol–water partition coefficient (Wildman–Crippen LogP) is 3.74. The van der Waals surface area contributed by atoms with Crippen molar-refractivity contribution in [2.45, 2.75) is 26.8 Å². The van der Waals surface area contributed by atoms with Gasteiger partial charge in [-0.1, -0.05) is 44.0 Å². The number of phenols is 1. The summed E-state index contributed by atoms with van der Waals surface area (Å²) in [5.74, 6) is 0.0171. The van der Waals surface area contributed by atoms with Crippen LogP contribution in [0.3, 0.4) is 0 Å². The van der Waals surface area contributed by atoms with Crippen LogP contribution in [0.25, 0.3) is 0 Å². The summed E-state index contributed by atoms with van der Waals surface area (Å²) < 4.78 is 0. The zero-order valence-electron chi connectivity index (χ0n) is 9.01. The lowest BCUT2D eigenvalue weighted by molar-refractivity contribution is 0.318. The molecule has 15 heavy (non-hydrogen) atoms. The van der Waals surface area contributed by atoms with E-state index in [0.29, 0.717) is 10.6 Å². The van der Waals surface area contributed by atoms with Gasteiger partial charge in [0.25, 0.3) is 0 Å². The Labute approximate surface area is 100.0 Å². The van der Waals surface area contributed by atoms with E-state index in [1.807, 2.05) is 20.8 Å². The summed E-state index contributed by atoms with van der Waals surface area (Å²) in [4.78, 5) is 0. The fourth-order valence-corrected chi connectivity index (χ4v) is 1.80. The highest BCUT2D eigenvalue weighted by Crippen LogP contribution is 2.40. The first-order chi connectivity index (χ1) is 6.73. The molecule has 0 aliphatic heterocycles. The predicted molar refractivity (Wildman–Crippen MR) is 64.5 cm³/mol. The first-order valence-corrected chi connectivity index (χ1v) is 5.42. The molecule has 0 aliphatic carbocycles. The Balaban J connectivity index is 3.25. The summed E-state index contributed by atoms with van der Waals surface area (Å²) in [5.41, 5.74) is 6.46. The summed E-state index contributed by atoms with van der Waals surface area (Å²) in [7, 11) is 0. The van der Waals surface area contributed by atoms with Crippen molar-refractivity contribution in [3.05, 3.63) is 27.7 Å². The fourth-order valence-electron chi connectivity index (χ4n) is 1.29. The summed E-state index contributed by atoms with van der Waals surface area (Å²) in [6.45, 7) is 5.98. The van der Waals surface area contributed by atoms with Crippen LogP contribution >= 0.6 is 23.2 Å². The van der Waals surface area contributed by atoms with Crippen molar-refractivity contribution in [2.75, 3.05) is 0 Å². The lowest BCUT2D eigenvalue weighted by Crippen LogP contribution is -2.26. The summed E-state index contributed by atoms with van der Waals surface area (Å²) in [6.07, 6.45) is 0. The van der Waals surface area contributed by atoms with E-state index in [0.717, 1.165) is 0 Å². The molecule has 0 unspecified atom stereocenters. The van der Waals surface area contributed by atoms with Gasteiger partial charge in [-0.3, -0.25) is 0 Å². The molecule has 0 amide bonds. The molecule has 0 saturated heterocycles. The van der Waals surface area contributed by atoms with E-state index in [1.165, 1.54) is 6.07 Å². The van der Waals surface area contributed by atoms with Crippen molar-refractivity contribution in [2.24, 2.45) is 11.1 Å². The van der Waals surface area contributed by atoms with Crippen molar-refractivity contribution in [3.63, 3.8) is 0 Å². The normalized spacial score (nSPS) is 14.0. The Hall–Kier alpha value is -0.440. The van der Waals surface area contributed by atoms with E-state index < -0.39 is 0 Å². The van der Waals surface area contributed by atoms with Crippen LogP contribution in [0, 0.1) is 5.41 Å². The highest BCUT2D eigenvalue weighted by molar-refractivity contribution is 6.35. The fraction of sp³-hybridized carbons (Fsp3) is 0.455. The lowest BCUT2D eigenvalue weighted by Gasteiger charge is -2.28. The highest BCUT2D eigenvalue weighted by Gasteiger charge is 2.25. The SMILES string of the molecule is CC(C)(C)[C@@H](N)c1cc(Cl)cc(Cl)c1O. The molecule has 4 heteroatoms. The standard InChI is InChI=1S/C11H15Cl2NO/c1-11(2,3)10(14)7-4-6(12)5-8(13)9(7)15/h4-5,10,15H,14H2,1-3H3/t10-/m0/s1. The third-order valence-corrected chi connectivity index (χ3v) is 2.83. The van der Waals surface area contributed by atoms with E-state index in [2.05, 4.69) is 0 Å². The maximum Gasteiger partial charge on any atom is 0.139 e. The Morgan fingerprint density at radius 2 is 1.80 bits per heavy atom. The molecule has 0 aromatic heterocycles. The van der Waals surface area contributed by atoms with Crippen LogP contribution in [0.15, 0.2) is 12.1 Å². The van der Waals surface area contributed by atoms with Crippen molar-refractivity contribution < 1.29 is 5.11 Å². The largest absolute Gasteiger partial charge is 0.506 e. The third-order valence-electron chi connectivity index (χ3n) is 2.33. The number of nitrogens with two attached hydrogens (primary N) is 1. The van der Waals surface area contributed by atoms with Crippen LogP contribution in [0.1, 0.15) is 32.4 Å². The lowest BCUT2D eigenvalue weighted by atomic mass is 9.83. The van der Waals surface area contributed by atoms with Crippen LogP contribution in [-0.2, 0) is 0 Å². The van der Waals surface area contributed by atoms with Crippen LogP contribution in [0.5, 0.6) is 5.75 Å². The number of aromatic hydroxyl groups is 1. The minimum Gasteiger partial charge on any atom is -0.506 e. The van der Waals surface area contributed by atoms with Crippen LogP contribution in [0.4, 0.5) is 0 Å². The van der Waals surface area contributed by atoms with Gasteiger partial charge in [0.2, 0.25) is 0 Å². The zero-order chi connectivity index (χ0) is 11.8. The van der Waals surface area contributed by atoms with Gasteiger partial charge in [0.1, 0.15) is 5.75 Å². The van der Waals surface area contributed by atoms with Crippen molar-refractivity contribution in [3.8, 4) is 5.75 Å². The van der Waals surface area contributed by atoms with Gasteiger partial charge in [-0.25, -0.2) is 0 Å². The minimum atomic E-state index is -0.311. The van der Waals surface area contributed by atoms with Crippen molar-refractivity contribution in [1.29, 1.82) is 0 Å². The maximum atomic E-state index is 9.79. The first-order valence-electron chi connectivity index (χ1n) is 4.67. The number of hydrogen-bond acceptors (Lipinski definition) is 2. The molecule has 3 N–H and O–H groups in total. The molecule has 0 fully saturated rings. The van der Waals surface area contributed by atoms with E-state index in [1.54, 1.807) is 6.07 Å². The second-order valence-corrected chi connectivity index (χ2v) is 5.51. The molecule has 0 saturated carbocycles. The topological polar surface area (TPSA) is 46.2 Å². The molecule has 1 aromatic carbocycles. The maximum absolute atomic E-state index is 9.79. The van der Waals surface area contributed by atoms with E-state index in [4.69, 9.17) is 28.9 Å². The molecular formula is C11H15Cl2NO. The summed E-state index contributed by atoms with van der Waals surface area (Å²) in [6, 6.07) is 2.84. The van der Waals surface area contributed by atoms with E-state index >= 15 is 0 Å². The molecule has 84 valence electrons. The molecule has 0 heterocycles. The van der Waals surface area contributed by atoms with E-state index in [9.17, 15) is 5.11 Å². The average Bonchev–Trinajstić information content (AvgIpc) is 2.08. The molecule has 1 rings (SSSR count). The van der Waals surface area contributed by atoms with Crippen LogP contribution in [0.2, 0.25) is 10.0 Å². The number of rotatable bonds is 1. The quantitative estimate of drug-likeness (QED) is 0.795. The molecular weight excluding hydrogens is 233 g/mol. The Kier molecular flexibility index (Phi) is 3.54. The van der Waals surface area contributed by atoms with Gasteiger partial charge in [-0.2, -0.15) is 0 Å². The number of benzene rings is 1. The number of halogens is 2. The zero-order valence-corrected chi connectivity index (χ0v) is 10.5. The van der Waals surface area contributed by atoms with Gasteiger partial charge in [-0.15, -0.1) is 0 Å². The third kappa shape index (κ3) is 2.77. The summed E-state index contributed by atoms with van der Waals surface area (Å²) >= 11 is 11.7. The smallest absolute Gasteiger partial charge is 0.139 e. The van der Waals surface area contributed by atoms with Crippen LogP contribution < -0.4 is 5.73 Å². The summed E-state index contributed by atoms with van der Waals surface area (Å²) in [5, 5.41) is 10.5. The highest BCUT2D eigenvalue weighted by atomic mass is 35.5. The average molecular weight is 248 g/mol. The molecule has 0 radical (unpaired) electrons. The van der Waals surface area contributed by atoms with Gasteiger partial charge in [0.05, 0.1) is 5.02 Å². The minimum absolute atomic E-state index is 0.0171. The Morgan fingerprint density at radius 1 is 1.27 bits per heavy atom. The number of hydrogen-bond donors (Lipinski definition) is 2. The van der Waals surface area contributed by atoms with Gasteiger partial charge < -0.3 is 10.8 Å². The second kappa shape index (κ2) is 4.20. The molecule has 1 atom stereocenters. The molecule has 0 spiro atoms. The Morgan fingerprint density at radius 3 is 2.27 bits per heavy atom. The van der Waals surface area contributed by atoms with Crippen LogP contribution in [-0.4, -0.2) is 5.11 Å². The molecule has 0 aliphatic rings. The Bertz CT molecular complexity index is 372. The van der Waals surface area contributed by atoms with Crippen molar-refractivity contribution >= 4 is 23.2 Å². The number of phenolic OH excluding ortho intramolecular Hbond substituents is 1. The molecule has 0 bridgehead atoms. The first kappa shape index (κ1) is 12.6. The monoisotopic (exact) mass is 247 g/mol. The van der Waals surface area contributed by atoms with Crippen molar-refractivity contribution in [1.82, 2.24) is 0 Å². The molecule has 1 aromatic rings. The van der Waals surface area contributed by atoms with E-state index in [-0.39, 0.29) is 22.2 Å². The second-order valence-electron chi connectivity index (χ2n) is 4.67. The van der Waals surface area contributed by atoms with Gasteiger partial charge in [-0.05, 0) is 17.5 Å². The van der Waals surface area contributed by atoms with Gasteiger partial charge in [0.15, 0.2) is 0 Å². The van der Waals surface area contributed by atoms with Gasteiger partial charge in [0, 0.05) is 16.6 Å². The van der Waals surface area contributed by atoms with Gasteiger partial charge >= 0.3 is 0 Å². The molecule has 2 nitrogen and oxygen atoms in total.